The van der Waals surface area contributed by atoms with Gasteiger partial charge in [0, 0.05) is 29.3 Å². The fraction of sp³-hybridized carbons (Fsp3) is 0.167. The van der Waals surface area contributed by atoms with Gasteiger partial charge in [-0.2, -0.15) is 4.39 Å². The average molecular weight is 453 g/mol. The number of halogens is 1. The van der Waals surface area contributed by atoms with Crippen LogP contribution in [-0.2, 0) is 16.6 Å². The van der Waals surface area contributed by atoms with E-state index in [4.69, 9.17) is 9.47 Å². The minimum Gasteiger partial charge on any atom is -0.497 e. The molecule has 3 rings (SSSR count). The molecule has 0 unspecified atom stereocenters. The summed E-state index contributed by atoms with van der Waals surface area (Å²) in [6.45, 7) is -0.172. The van der Waals surface area contributed by atoms with Crippen LogP contribution in [0.1, 0.15) is 5.56 Å². The first-order valence-electron chi connectivity index (χ1n) is 8.35. The van der Waals surface area contributed by atoms with Gasteiger partial charge in [-0.05, 0) is 24.3 Å². The van der Waals surface area contributed by atoms with Crippen LogP contribution in [0.25, 0.3) is 0 Å². The summed E-state index contributed by atoms with van der Waals surface area (Å²) in [6.07, 6.45) is 1.43. The third-order valence-corrected chi connectivity index (χ3v) is 6.79. The highest BCUT2D eigenvalue weighted by Gasteiger charge is 2.30. The number of benzene rings is 2. The minimum atomic E-state index is -4.31. The molecule has 3 aromatic rings. The summed E-state index contributed by atoms with van der Waals surface area (Å²) >= 11 is 1.07. The average Bonchev–Trinajstić information content (AvgIpc) is 3.26. The van der Waals surface area contributed by atoms with E-state index in [0.29, 0.717) is 23.1 Å². The SMILES string of the molecule is COc1ccc(CN(c2nccs2)S(=O)(=O)c2ccc(F)c([N+](=O)[O-])c2)c(OC)c1. The second-order valence-electron chi connectivity index (χ2n) is 5.87. The molecule has 0 atom stereocenters. The highest BCUT2D eigenvalue weighted by molar-refractivity contribution is 7.93. The molecule has 12 heteroatoms. The molecule has 2 aromatic carbocycles. The summed E-state index contributed by atoms with van der Waals surface area (Å²) in [6, 6.07) is 7.30. The Hall–Kier alpha value is -3.25. The predicted octanol–water partition coefficient (Wildman–Crippen LogP) is 3.60. The third kappa shape index (κ3) is 4.19. The maximum atomic E-state index is 13.7. The van der Waals surface area contributed by atoms with E-state index in [-0.39, 0.29) is 11.7 Å². The molecule has 0 N–H and O–H groups in total. The van der Waals surface area contributed by atoms with Crippen molar-refractivity contribution < 1.29 is 27.2 Å². The number of sulfonamides is 1. The van der Waals surface area contributed by atoms with Gasteiger partial charge in [-0.1, -0.05) is 0 Å². The molecule has 0 spiro atoms. The Bertz CT molecular complexity index is 1170. The van der Waals surface area contributed by atoms with Crippen molar-refractivity contribution in [3.05, 3.63) is 69.5 Å². The van der Waals surface area contributed by atoms with Crippen LogP contribution >= 0.6 is 11.3 Å². The monoisotopic (exact) mass is 453 g/mol. The highest BCUT2D eigenvalue weighted by Crippen LogP contribution is 2.33. The first kappa shape index (κ1) is 21.5. The summed E-state index contributed by atoms with van der Waals surface area (Å²) in [5.41, 5.74) is -0.425. The molecule has 1 aromatic heterocycles. The molecule has 1 heterocycles. The highest BCUT2D eigenvalue weighted by atomic mass is 32.2. The number of aromatic nitrogens is 1. The summed E-state index contributed by atoms with van der Waals surface area (Å²) in [4.78, 5) is 13.7. The molecule has 0 bridgehead atoms. The lowest BCUT2D eigenvalue weighted by Gasteiger charge is -2.23. The molecule has 0 aliphatic carbocycles. The van der Waals surface area contributed by atoms with Crippen molar-refractivity contribution in [2.45, 2.75) is 11.4 Å². The van der Waals surface area contributed by atoms with E-state index in [9.17, 15) is 22.9 Å². The second-order valence-corrected chi connectivity index (χ2v) is 8.61. The quantitative estimate of drug-likeness (QED) is 0.378. The predicted molar refractivity (Wildman–Crippen MR) is 108 cm³/mol. The molecule has 0 amide bonds. The number of rotatable bonds is 8. The standard InChI is InChI=1S/C18H16FN3O6S2/c1-27-13-4-3-12(17(9-13)28-2)11-21(18-20-7-8-29-18)30(25,26)14-5-6-15(19)16(10-14)22(23)24/h3-10H,11H2,1-2H3. The van der Waals surface area contributed by atoms with Gasteiger partial charge < -0.3 is 9.47 Å². The van der Waals surface area contributed by atoms with Crippen LogP contribution in [-0.4, -0.2) is 32.5 Å². The van der Waals surface area contributed by atoms with Gasteiger partial charge in [-0.15, -0.1) is 11.3 Å². The van der Waals surface area contributed by atoms with Gasteiger partial charge in [0.15, 0.2) is 5.13 Å². The number of methoxy groups -OCH3 is 2. The molecule has 158 valence electrons. The largest absolute Gasteiger partial charge is 0.497 e. The number of nitro groups is 1. The molecular formula is C18H16FN3O6S2. The van der Waals surface area contributed by atoms with Crippen LogP contribution < -0.4 is 13.8 Å². The lowest BCUT2D eigenvalue weighted by Crippen LogP contribution is -2.30. The van der Waals surface area contributed by atoms with Gasteiger partial charge in [0.05, 0.1) is 30.6 Å². The van der Waals surface area contributed by atoms with Crippen molar-refractivity contribution >= 4 is 32.2 Å². The van der Waals surface area contributed by atoms with Gasteiger partial charge in [-0.3, -0.25) is 10.1 Å². The molecular weight excluding hydrogens is 437 g/mol. The van der Waals surface area contributed by atoms with Crippen LogP contribution in [0.4, 0.5) is 15.2 Å². The Kier molecular flexibility index (Phi) is 6.17. The van der Waals surface area contributed by atoms with Crippen molar-refractivity contribution in [2.75, 3.05) is 18.5 Å². The molecule has 9 nitrogen and oxygen atoms in total. The van der Waals surface area contributed by atoms with Crippen LogP contribution in [0.15, 0.2) is 52.9 Å². The molecule has 0 saturated heterocycles. The smallest absolute Gasteiger partial charge is 0.306 e. The van der Waals surface area contributed by atoms with Crippen LogP contribution in [0.5, 0.6) is 11.5 Å². The normalized spacial score (nSPS) is 11.2. The molecule has 0 aliphatic rings. The van der Waals surface area contributed by atoms with Gasteiger partial charge in [0.25, 0.3) is 10.0 Å². The summed E-state index contributed by atoms with van der Waals surface area (Å²) in [5, 5.41) is 12.8. The van der Waals surface area contributed by atoms with Crippen molar-refractivity contribution in [3.63, 3.8) is 0 Å². The number of anilines is 1. The van der Waals surface area contributed by atoms with E-state index in [0.717, 1.165) is 27.8 Å². The number of ether oxygens (including phenoxy) is 2. The first-order valence-corrected chi connectivity index (χ1v) is 10.7. The lowest BCUT2D eigenvalue weighted by molar-refractivity contribution is -0.387. The van der Waals surface area contributed by atoms with E-state index in [1.807, 2.05) is 0 Å². The summed E-state index contributed by atoms with van der Waals surface area (Å²) < 4.78 is 51.8. The minimum absolute atomic E-state index is 0.139. The first-order chi connectivity index (χ1) is 14.3. The number of hydrogen-bond acceptors (Lipinski definition) is 8. The maximum Gasteiger partial charge on any atom is 0.306 e. The fourth-order valence-corrected chi connectivity index (χ4v) is 4.94. The Balaban J connectivity index is 2.10. The van der Waals surface area contributed by atoms with E-state index in [1.165, 1.54) is 20.4 Å². The number of hydrogen-bond donors (Lipinski definition) is 0. The second kappa shape index (κ2) is 8.63. The number of nitro benzene ring substituents is 1. The topological polar surface area (TPSA) is 112 Å². The number of nitrogens with zero attached hydrogens (tertiary/aromatic N) is 3. The lowest BCUT2D eigenvalue weighted by atomic mass is 10.2. The summed E-state index contributed by atoms with van der Waals surface area (Å²) in [5.74, 6) is -0.221. The van der Waals surface area contributed by atoms with E-state index >= 15 is 0 Å². The van der Waals surface area contributed by atoms with Gasteiger partial charge in [0.1, 0.15) is 11.5 Å². The van der Waals surface area contributed by atoms with Crippen molar-refractivity contribution in [1.82, 2.24) is 4.98 Å². The van der Waals surface area contributed by atoms with E-state index < -0.39 is 31.3 Å². The molecule has 0 aliphatic heterocycles. The Morgan fingerprint density at radius 2 is 1.97 bits per heavy atom. The number of thiazole rings is 1. The van der Waals surface area contributed by atoms with Crippen LogP contribution in [0.2, 0.25) is 0 Å². The zero-order chi connectivity index (χ0) is 21.9. The van der Waals surface area contributed by atoms with Gasteiger partial charge in [-0.25, -0.2) is 17.7 Å². The molecule has 0 radical (unpaired) electrons. The van der Waals surface area contributed by atoms with Crippen molar-refractivity contribution in [2.24, 2.45) is 0 Å². The van der Waals surface area contributed by atoms with Gasteiger partial charge >= 0.3 is 5.69 Å². The van der Waals surface area contributed by atoms with Gasteiger partial charge in [0.2, 0.25) is 5.82 Å². The Labute approximate surface area is 175 Å². The molecule has 0 saturated carbocycles. The van der Waals surface area contributed by atoms with Crippen LogP contribution in [0, 0.1) is 15.9 Å². The Morgan fingerprint density at radius 3 is 2.57 bits per heavy atom. The van der Waals surface area contributed by atoms with Crippen molar-refractivity contribution in [3.8, 4) is 11.5 Å². The Morgan fingerprint density at radius 1 is 1.20 bits per heavy atom. The zero-order valence-electron chi connectivity index (χ0n) is 15.8. The van der Waals surface area contributed by atoms with Crippen molar-refractivity contribution in [1.29, 1.82) is 0 Å². The van der Waals surface area contributed by atoms with E-state index in [1.54, 1.807) is 23.6 Å². The third-order valence-electron chi connectivity index (χ3n) is 4.14. The van der Waals surface area contributed by atoms with Crippen LogP contribution in [0.3, 0.4) is 0 Å². The molecule has 0 fully saturated rings. The maximum absolute atomic E-state index is 13.7. The molecule has 30 heavy (non-hydrogen) atoms. The van der Waals surface area contributed by atoms with E-state index in [2.05, 4.69) is 4.98 Å². The fourth-order valence-electron chi connectivity index (χ4n) is 2.65. The zero-order valence-corrected chi connectivity index (χ0v) is 17.4. The summed E-state index contributed by atoms with van der Waals surface area (Å²) in [7, 11) is -1.39.